The smallest absolute Gasteiger partial charge is 0.181 e. The number of H-pyrrole nitrogens is 2. The third-order valence-electron chi connectivity index (χ3n) is 4.09. The van der Waals surface area contributed by atoms with Crippen molar-refractivity contribution in [2.75, 3.05) is 0 Å². The zero-order chi connectivity index (χ0) is 18.3. The maximum absolute atomic E-state index is 13.6. The highest BCUT2D eigenvalue weighted by Gasteiger charge is 2.14. The molecule has 5 nitrogen and oxygen atoms in total. The number of aromatic nitrogens is 5. The van der Waals surface area contributed by atoms with Gasteiger partial charge in [0.05, 0.1) is 5.52 Å². The Bertz CT molecular complexity index is 1060. The molecule has 26 heavy (non-hydrogen) atoms. The van der Waals surface area contributed by atoms with Crippen LogP contribution in [0.15, 0.2) is 36.4 Å². The molecule has 0 saturated carbocycles. The first-order valence-electron chi connectivity index (χ1n) is 8.36. The molecule has 0 aliphatic carbocycles. The summed E-state index contributed by atoms with van der Waals surface area (Å²) in [5.74, 6) is 0.607. The Kier molecular flexibility index (Phi) is 3.99. The SMILES string of the molecule is CC(C)Cc1nc(-c2ccc3[nH]nc(-c4cc(F)cc(F)c4)c3c2)n[nH]1. The predicted molar refractivity (Wildman–Crippen MR) is 95.4 cm³/mol. The highest BCUT2D eigenvalue weighted by molar-refractivity contribution is 5.95. The topological polar surface area (TPSA) is 70.2 Å². The highest BCUT2D eigenvalue weighted by Crippen LogP contribution is 2.30. The van der Waals surface area contributed by atoms with E-state index in [9.17, 15) is 8.78 Å². The van der Waals surface area contributed by atoms with Crippen LogP contribution in [0.2, 0.25) is 0 Å². The van der Waals surface area contributed by atoms with Gasteiger partial charge in [-0.1, -0.05) is 13.8 Å². The van der Waals surface area contributed by atoms with Gasteiger partial charge in [0.25, 0.3) is 0 Å². The van der Waals surface area contributed by atoms with Gasteiger partial charge in [-0.05, 0) is 36.2 Å². The lowest BCUT2D eigenvalue weighted by Gasteiger charge is -2.01. The third-order valence-corrected chi connectivity index (χ3v) is 4.09. The highest BCUT2D eigenvalue weighted by atomic mass is 19.1. The van der Waals surface area contributed by atoms with Gasteiger partial charge >= 0.3 is 0 Å². The van der Waals surface area contributed by atoms with Gasteiger partial charge in [-0.2, -0.15) is 10.2 Å². The third kappa shape index (κ3) is 3.08. The predicted octanol–water partition coefficient (Wildman–Crippen LogP) is 4.49. The molecule has 0 saturated heterocycles. The van der Waals surface area contributed by atoms with Crippen molar-refractivity contribution >= 4 is 10.9 Å². The Hall–Kier alpha value is -3.09. The van der Waals surface area contributed by atoms with Gasteiger partial charge in [0.2, 0.25) is 0 Å². The van der Waals surface area contributed by atoms with E-state index >= 15 is 0 Å². The Labute approximate surface area is 148 Å². The Morgan fingerprint density at radius 3 is 2.42 bits per heavy atom. The maximum atomic E-state index is 13.6. The molecule has 0 aliphatic heterocycles. The quantitative estimate of drug-likeness (QED) is 0.568. The van der Waals surface area contributed by atoms with Crippen LogP contribution in [-0.2, 0) is 6.42 Å². The molecular weight excluding hydrogens is 336 g/mol. The van der Waals surface area contributed by atoms with E-state index in [1.165, 1.54) is 12.1 Å². The van der Waals surface area contributed by atoms with E-state index in [1.807, 2.05) is 18.2 Å². The molecule has 0 spiro atoms. The molecule has 2 N–H and O–H groups in total. The largest absolute Gasteiger partial charge is 0.277 e. The summed E-state index contributed by atoms with van der Waals surface area (Å²) >= 11 is 0. The van der Waals surface area contributed by atoms with Crippen molar-refractivity contribution in [1.82, 2.24) is 25.4 Å². The minimum atomic E-state index is -0.639. The normalized spacial score (nSPS) is 11.6. The lowest BCUT2D eigenvalue weighted by Crippen LogP contribution is -1.95. The van der Waals surface area contributed by atoms with E-state index < -0.39 is 11.6 Å². The number of halogens is 2. The molecule has 2 heterocycles. The number of fused-ring (bicyclic) bond motifs is 1. The van der Waals surface area contributed by atoms with Crippen molar-refractivity contribution in [3.05, 3.63) is 53.9 Å². The fourth-order valence-electron chi connectivity index (χ4n) is 2.97. The van der Waals surface area contributed by atoms with Gasteiger partial charge < -0.3 is 0 Å². The van der Waals surface area contributed by atoms with Gasteiger partial charge in [0.15, 0.2) is 5.82 Å². The summed E-state index contributed by atoms with van der Waals surface area (Å²) in [5.41, 5.74) is 2.44. The number of nitrogens with one attached hydrogen (secondary N) is 2. The molecule has 0 amide bonds. The number of hydrogen-bond acceptors (Lipinski definition) is 3. The summed E-state index contributed by atoms with van der Waals surface area (Å²) in [6.45, 7) is 4.23. The van der Waals surface area contributed by atoms with Crippen LogP contribution < -0.4 is 0 Å². The lowest BCUT2D eigenvalue weighted by atomic mass is 10.0. The molecular formula is C19H17F2N5. The average Bonchev–Trinajstić information content (AvgIpc) is 3.19. The van der Waals surface area contributed by atoms with Crippen LogP contribution in [0.25, 0.3) is 33.5 Å². The molecule has 132 valence electrons. The summed E-state index contributed by atoms with van der Waals surface area (Å²) in [4.78, 5) is 4.53. The maximum Gasteiger partial charge on any atom is 0.181 e. The zero-order valence-electron chi connectivity index (χ0n) is 14.3. The van der Waals surface area contributed by atoms with Crippen molar-refractivity contribution in [3.63, 3.8) is 0 Å². The number of nitrogens with zero attached hydrogens (tertiary/aromatic N) is 3. The molecule has 0 fully saturated rings. The van der Waals surface area contributed by atoms with Crippen LogP contribution in [-0.4, -0.2) is 25.4 Å². The summed E-state index contributed by atoms with van der Waals surface area (Å²) in [6.07, 6.45) is 0.814. The van der Waals surface area contributed by atoms with Crippen molar-refractivity contribution in [3.8, 4) is 22.6 Å². The van der Waals surface area contributed by atoms with Gasteiger partial charge in [-0.15, -0.1) is 0 Å². The second kappa shape index (κ2) is 6.33. The Morgan fingerprint density at radius 1 is 0.923 bits per heavy atom. The van der Waals surface area contributed by atoms with Crippen molar-refractivity contribution < 1.29 is 8.78 Å². The Balaban J connectivity index is 1.78. The van der Waals surface area contributed by atoms with Gasteiger partial charge in [-0.25, -0.2) is 13.8 Å². The lowest BCUT2D eigenvalue weighted by molar-refractivity contribution is 0.584. The molecule has 0 bridgehead atoms. The van der Waals surface area contributed by atoms with E-state index in [4.69, 9.17) is 0 Å². The van der Waals surface area contributed by atoms with E-state index in [2.05, 4.69) is 39.2 Å². The number of rotatable bonds is 4. The van der Waals surface area contributed by atoms with E-state index in [0.29, 0.717) is 23.0 Å². The summed E-state index contributed by atoms with van der Waals surface area (Å²) in [5, 5.41) is 15.1. The molecule has 0 unspecified atom stereocenters. The second-order valence-corrected chi connectivity index (χ2v) is 6.69. The number of benzene rings is 2. The number of hydrogen-bond donors (Lipinski definition) is 2. The molecule has 4 rings (SSSR count). The van der Waals surface area contributed by atoms with Crippen molar-refractivity contribution in [2.45, 2.75) is 20.3 Å². The van der Waals surface area contributed by atoms with Crippen molar-refractivity contribution in [2.24, 2.45) is 5.92 Å². The van der Waals surface area contributed by atoms with Crippen molar-refractivity contribution in [1.29, 1.82) is 0 Å². The molecule has 2 aromatic heterocycles. The minimum Gasteiger partial charge on any atom is -0.277 e. The van der Waals surface area contributed by atoms with Gasteiger partial charge in [0.1, 0.15) is 23.2 Å². The Morgan fingerprint density at radius 2 is 1.69 bits per heavy atom. The fourth-order valence-corrected chi connectivity index (χ4v) is 2.97. The fraction of sp³-hybridized carbons (Fsp3) is 0.211. The molecule has 7 heteroatoms. The van der Waals surface area contributed by atoms with Crippen LogP contribution in [0.5, 0.6) is 0 Å². The molecule has 0 aliphatic rings. The van der Waals surface area contributed by atoms with E-state index in [0.717, 1.165) is 34.8 Å². The number of aromatic amines is 2. The first-order chi connectivity index (χ1) is 12.5. The second-order valence-electron chi connectivity index (χ2n) is 6.69. The minimum absolute atomic E-state index is 0.376. The molecule has 0 radical (unpaired) electrons. The summed E-state index contributed by atoms with van der Waals surface area (Å²) in [7, 11) is 0. The van der Waals surface area contributed by atoms with Gasteiger partial charge in [0, 0.05) is 29.0 Å². The molecule has 0 atom stereocenters. The first-order valence-corrected chi connectivity index (χ1v) is 8.36. The van der Waals surface area contributed by atoms with Crippen LogP contribution in [0.1, 0.15) is 19.7 Å². The molecule has 4 aromatic rings. The average molecular weight is 353 g/mol. The molecule has 2 aromatic carbocycles. The first kappa shape index (κ1) is 16.4. The zero-order valence-corrected chi connectivity index (χ0v) is 14.3. The summed E-state index contributed by atoms with van der Waals surface area (Å²) < 4.78 is 27.1. The van der Waals surface area contributed by atoms with Crippen LogP contribution in [0.4, 0.5) is 8.78 Å². The van der Waals surface area contributed by atoms with E-state index in [1.54, 1.807) is 0 Å². The van der Waals surface area contributed by atoms with E-state index in [-0.39, 0.29) is 0 Å². The van der Waals surface area contributed by atoms with Crippen LogP contribution in [0.3, 0.4) is 0 Å². The monoisotopic (exact) mass is 353 g/mol. The van der Waals surface area contributed by atoms with Crippen LogP contribution >= 0.6 is 0 Å². The van der Waals surface area contributed by atoms with Gasteiger partial charge in [-0.3, -0.25) is 10.2 Å². The van der Waals surface area contributed by atoms with Crippen LogP contribution in [0, 0.1) is 17.6 Å². The summed E-state index contributed by atoms with van der Waals surface area (Å²) in [6, 6.07) is 8.98. The standard InChI is InChI=1S/C19H17F2N5/c1-10(2)5-17-22-19(26-24-17)11-3-4-16-15(8-11)18(25-23-16)12-6-13(20)9-14(21)7-12/h3-4,6-10H,5H2,1-2H3,(H,23,25)(H,22,24,26).